The number of carbonyl (C=O) groups is 1. The Kier molecular flexibility index (Phi) is 7.40. The molecule has 0 saturated carbocycles. The van der Waals surface area contributed by atoms with Gasteiger partial charge in [0.1, 0.15) is 11.3 Å². The van der Waals surface area contributed by atoms with Gasteiger partial charge < -0.3 is 10.2 Å². The standard InChI is InChI=1S/C29H34O3/c1-18(2)21-8-6-10-23(15-21)20(5)14-26(24-11-7-9-22(16-24)19(3)4)25-12-13-28(30)27(17-25)29(31)32/h6-13,15-20,26,30H,14H2,1-5H3,(H,31,32). The quantitative estimate of drug-likeness (QED) is 0.385. The molecule has 0 bridgehead atoms. The maximum absolute atomic E-state index is 11.7. The average molecular weight is 431 g/mol. The number of hydrogen-bond donors (Lipinski definition) is 2. The van der Waals surface area contributed by atoms with Crippen LogP contribution in [0.25, 0.3) is 0 Å². The number of carboxylic acids is 1. The lowest BCUT2D eigenvalue weighted by Crippen LogP contribution is -2.09. The second-order valence-corrected chi connectivity index (χ2v) is 9.42. The number of benzene rings is 3. The third kappa shape index (κ3) is 5.40. The Labute approximate surface area is 191 Å². The van der Waals surface area contributed by atoms with E-state index in [1.54, 1.807) is 6.07 Å². The van der Waals surface area contributed by atoms with E-state index in [1.807, 2.05) is 6.07 Å². The van der Waals surface area contributed by atoms with Crippen molar-refractivity contribution in [2.24, 2.45) is 0 Å². The lowest BCUT2D eigenvalue weighted by molar-refractivity contribution is 0.0693. The lowest BCUT2D eigenvalue weighted by Gasteiger charge is -2.24. The van der Waals surface area contributed by atoms with E-state index >= 15 is 0 Å². The van der Waals surface area contributed by atoms with Crippen molar-refractivity contribution in [2.75, 3.05) is 0 Å². The van der Waals surface area contributed by atoms with Gasteiger partial charge in [-0.05, 0) is 64.1 Å². The van der Waals surface area contributed by atoms with Crippen LogP contribution < -0.4 is 0 Å². The summed E-state index contributed by atoms with van der Waals surface area (Å²) in [4.78, 5) is 11.7. The van der Waals surface area contributed by atoms with Crippen LogP contribution in [0.1, 0.15) is 103 Å². The molecule has 0 spiro atoms. The monoisotopic (exact) mass is 430 g/mol. The zero-order valence-corrected chi connectivity index (χ0v) is 19.7. The minimum Gasteiger partial charge on any atom is -0.507 e. The Hall–Kier alpha value is -3.07. The predicted octanol–water partition coefficient (Wildman–Crippen LogP) is 7.66. The number of phenols is 1. The minimum atomic E-state index is -1.11. The van der Waals surface area contributed by atoms with Crippen LogP contribution in [0.15, 0.2) is 66.7 Å². The SMILES string of the molecule is CC(C)c1cccc(C(C)CC(c2cccc(C(C)C)c2)c2ccc(O)c(C(=O)O)c2)c1. The third-order valence-corrected chi connectivity index (χ3v) is 6.37. The van der Waals surface area contributed by atoms with E-state index < -0.39 is 5.97 Å². The summed E-state index contributed by atoms with van der Waals surface area (Å²) in [5.41, 5.74) is 5.91. The topological polar surface area (TPSA) is 57.5 Å². The molecule has 3 aromatic carbocycles. The van der Waals surface area contributed by atoms with E-state index in [4.69, 9.17) is 0 Å². The first kappa shape index (κ1) is 23.6. The molecule has 0 radical (unpaired) electrons. The molecule has 0 aliphatic carbocycles. The van der Waals surface area contributed by atoms with Gasteiger partial charge in [0.25, 0.3) is 0 Å². The van der Waals surface area contributed by atoms with Crippen molar-refractivity contribution in [3.8, 4) is 5.75 Å². The molecule has 0 aromatic heterocycles. The number of aromatic hydroxyl groups is 1. The number of rotatable bonds is 8. The van der Waals surface area contributed by atoms with Gasteiger partial charge in [-0.25, -0.2) is 4.79 Å². The normalized spacial score (nSPS) is 13.3. The highest BCUT2D eigenvalue weighted by Crippen LogP contribution is 2.38. The molecule has 3 rings (SSSR count). The smallest absolute Gasteiger partial charge is 0.339 e. The molecule has 2 unspecified atom stereocenters. The van der Waals surface area contributed by atoms with Crippen LogP contribution in [0.5, 0.6) is 5.75 Å². The zero-order chi connectivity index (χ0) is 23.4. The van der Waals surface area contributed by atoms with Crippen LogP contribution in [-0.2, 0) is 0 Å². The number of aromatic carboxylic acids is 1. The maximum atomic E-state index is 11.7. The number of carboxylic acid groups (broad SMARTS) is 1. The Bertz CT molecular complexity index is 1080. The lowest BCUT2D eigenvalue weighted by atomic mass is 9.80. The Morgan fingerprint density at radius 1 is 0.719 bits per heavy atom. The molecular formula is C29H34O3. The van der Waals surface area contributed by atoms with Gasteiger partial charge in [-0.1, -0.05) is 89.2 Å². The van der Waals surface area contributed by atoms with Gasteiger partial charge >= 0.3 is 5.97 Å². The van der Waals surface area contributed by atoms with Gasteiger partial charge in [-0.3, -0.25) is 0 Å². The third-order valence-electron chi connectivity index (χ3n) is 6.37. The Balaban J connectivity index is 2.05. The van der Waals surface area contributed by atoms with Gasteiger partial charge in [0, 0.05) is 5.92 Å². The summed E-state index contributed by atoms with van der Waals surface area (Å²) in [5.74, 6) is -0.139. The predicted molar refractivity (Wildman–Crippen MR) is 131 cm³/mol. The Morgan fingerprint density at radius 3 is 1.78 bits per heavy atom. The summed E-state index contributed by atoms with van der Waals surface area (Å²) in [6.07, 6.45) is 0.840. The van der Waals surface area contributed by atoms with Crippen molar-refractivity contribution < 1.29 is 15.0 Å². The van der Waals surface area contributed by atoms with Gasteiger partial charge in [0.2, 0.25) is 0 Å². The first-order chi connectivity index (χ1) is 15.2. The molecule has 3 nitrogen and oxygen atoms in total. The second kappa shape index (κ2) is 10.0. The van der Waals surface area contributed by atoms with Crippen LogP contribution in [0.2, 0.25) is 0 Å². The maximum Gasteiger partial charge on any atom is 0.339 e. The van der Waals surface area contributed by atoms with E-state index in [0.717, 1.165) is 12.0 Å². The van der Waals surface area contributed by atoms with E-state index in [-0.39, 0.29) is 23.1 Å². The van der Waals surface area contributed by atoms with Gasteiger partial charge in [0.05, 0.1) is 0 Å². The van der Waals surface area contributed by atoms with Gasteiger partial charge in [-0.2, -0.15) is 0 Å². The molecule has 0 saturated heterocycles. The molecular weight excluding hydrogens is 396 g/mol. The second-order valence-electron chi connectivity index (χ2n) is 9.42. The van der Waals surface area contributed by atoms with Crippen molar-refractivity contribution in [1.82, 2.24) is 0 Å². The summed E-state index contributed by atoms with van der Waals surface area (Å²) in [7, 11) is 0. The first-order valence-corrected chi connectivity index (χ1v) is 11.4. The molecule has 2 N–H and O–H groups in total. The molecule has 168 valence electrons. The molecule has 32 heavy (non-hydrogen) atoms. The summed E-state index contributed by atoms with van der Waals surface area (Å²) >= 11 is 0. The summed E-state index contributed by atoms with van der Waals surface area (Å²) in [6.45, 7) is 11.0. The van der Waals surface area contributed by atoms with Crippen molar-refractivity contribution >= 4 is 5.97 Å². The highest BCUT2D eigenvalue weighted by Gasteiger charge is 2.22. The summed E-state index contributed by atoms with van der Waals surface area (Å²) < 4.78 is 0. The highest BCUT2D eigenvalue weighted by molar-refractivity contribution is 5.91. The van der Waals surface area contributed by atoms with Crippen molar-refractivity contribution in [1.29, 1.82) is 0 Å². The number of hydrogen-bond acceptors (Lipinski definition) is 2. The molecule has 0 fully saturated rings. The van der Waals surface area contributed by atoms with E-state index in [2.05, 4.69) is 83.1 Å². The van der Waals surface area contributed by atoms with Crippen LogP contribution in [0.4, 0.5) is 0 Å². The molecule has 2 atom stereocenters. The molecule has 3 heteroatoms. The summed E-state index contributed by atoms with van der Waals surface area (Å²) in [6, 6.07) is 22.3. The van der Waals surface area contributed by atoms with E-state index in [0.29, 0.717) is 11.8 Å². The van der Waals surface area contributed by atoms with Crippen LogP contribution in [-0.4, -0.2) is 16.2 Å². The van der Waals surface area contributed by atoms with Crippen LogP contribution in [0, 0.1) is 0 Å². The molecule has 0 heterocycles. The average Bonchev–Trinajstić information content (AvgIpc) is 2.77. The highest BCUT2D eigenvalue weighted by atomic mass is 16.4. The fraction of sp³-hybridized carbons (Fsp3) is 0.345. The molecule has 0 amide bonds. The summed E-state index contributed by atoms with van der Waals surface area (Å²) in [5, 5.41) is 19.6. The minimum absolute atomic E-state index is 0.0186. The zero-order valence-electron chi connectivity index (χ0n) is 19.7. The van der Waals surface area contributed by atoms with Crippen molar-refractivity contribution in [3.05, 3.63) is 100 Å². The van der Waals surface area contributed by atoms with Gasteiger partial charge in [0.15, 0.2) is 0 Å². The first-order valence-electron chi connectivity index (χ1n) is 11.4. The fourth-order valence-electron chi connectivity index (χ4n) is 4.26. The fourth-order valence-corrected chi connectivity index (χ4v) is 4.26. The van der Waals surface area contributed by atoms with Crippen molar-refractivity contribution in [2.45, 2.75) is 64.7 Å². The van der Waals surface area contributed by atoms with E-state index in [1.165, 1.54) is 28.3 Å². The van der Waals surface area contributed by atoms with Gasteiger partial charge in [-0.15, -0.1) is 0 Å². The van der Waals surface area contributed by atoms with Crippen LogP contribution in [0.3, 0.4) is 0 Å². The molecule has 3 aromatic rings. The van der Waals surface area contributed by atoms with Crippen molar-refractivity contribution in [3.63, 3.8) is 0 Å². The van der Waals surface area contributed by atoms with E-state index in [9.17, 15) is 15.0 Å². The molecule has 0 aliphatic heterocycles. The largest absolute Gasteiger partial charge is 0.507 e. The Morgan fingerprint density at radius 2 is 1.22 bits per heavy atom. The van der Waals surface area contributed by atoms with Crippen LogP contribution >= 0.6 is 0 Å². The molecule has 0 aliphatic rings.